The summed E-state index contributed by atoms with van der Waals surface area (Å²) in [5, 5.41) is 2.78. The fraction of sp³-hybridized carbons (Fsp3) is 0.889. The summed E-state index contributed by atoms with van der Waals surface area (Å²) in [4.78, 5) is 43.0. The number of rotatable bonds is 6. The van der Waals surface area contributed by atoms with Crippen LogP contribution in [0.25, 0.3) is 0 Å². The Labute approximate surface area is 222 Å². The minimum absolute atomic E-state index is 0.0621. The maximum Gasteiger partial charge on any atom is 0.408 e. The molecule has 0 aromatic rings. The fourth-order valence-corrected chi connectivity index (χ4v) is 8.98. The summed E-state index contributed by atoms with van der Waals surface area (Å²) >= 11 is 0. The number of hydrogen-bond donors (Lipinski definition) is 1. The molecular formula is C27H45N3O6S. The molecule has 2 aliphatic carbocycles. The van der Waals surface area contributed by atoms with Gasteiger partial charge in [-0.15, -0.1) is 0 Å². The highest BCUT2D eigenvalue weighted by atomic mass is 32.2. The minimum atomic E-state index is -3.81. The maximum atomic E-state index is 14.4. The van der Waals surface area contributed by atoms with Gasteiger partial charge in [-0.2, -0.15) is 0 Å². The van der Waals surface area contributed by atoms with Crippen LogP contribution in [0.2, 0.25) is 0 Å². The molecule has 2 saturated carbocycles. The van der Waals surface area contributed by atoms with E-state index < -0.39 is 45.3 Å². The molecule has 37 heavy (non-hydrogen) atoms. The number of fused-ring (bicyclic) bond motifs is 1. The molecule has 4 rings (SSSR count). The van der Waals surface area contributed by atoms with Gasteiger partial charge >= 0.3 is 6.09 Å². The van der Waals surface area contributed by atoms with Crippen LogP contribution in [-0.4, -0.2) is 72.1 Å². The lowest BCUT2D eigenvalue weighted by molar-refractivity contribution is -0.147. The third-order valence-corrected chi connectivity index (χ3v) is 10.2. The zero-order chi connectivity index (χ0) is 27.3. The normalized spacial score (nSPS) is 27.7. The van der Waals surface area contributed by atoms with Gasteiger partial charge in [0.05, 0.1) is 23.8 Å². The lowest BCUT2D eigenvalue weighted by Gasteiger charge is -2.46. The van der Waals surface area contributed by atoms with Crippen LogP contribution in [-0.2, 0) is 24.3 Å². The maximum absolute atomic E-state index is 14.4. The predicted octanol–water partition coefficient (Wildman–Crippen LogP) is 3.67. The van der Waals surface area contributed by atoms with E-state index in [1.807, 2.05) is 13.8 Å². The molecule has 10 heteroatoms. The van der Waals surface area contributed by atoms with Crippen LogP contribution in [0.5, 0.6) is 0 Å². The minimum Gasteiger partial charge on any atom is -0.444 e. The molecule has 0 unspecified atom stereocenters. The van der Waals surface area contributed by atoms with Crippen molar-refractivity contribution in [2.24, 2.45) is 23.2 Å². The summed E-state index contributed by atoms with van der Waals surface area (Å²) in [7, 11) is -3.81. The number of likely N-dealkylation sites (tertiary alicyclic amines) is 1. The highest BCUT2D eigenvalue weighted by Gasteiger charge is 2.71. The summed E-state index contributed by atoms with van der Waals surface area (Å²) in [6.07, 6.45) is 8.50. The van der Waals surface area contributed by atoms with Crippen molar-refractivity contribution in [3.8, 4) is 0 Å². The van der Waals surface area contributed by atoms with Crippen molar-refractivity contribution < 1.29 is 27.5 Å². The second-order valence-corrected chi connectivity index (χ2v) is 14.8. The summed E-state index contributed by atoms with van der Waals surface area (Å²) in [5.41, 5.74) is -1.60. The lowest BCUT2D eigenvalue weighted by Crippen LogP contribution is -2.60. The molecule has 4 aliphatic rings. The van der Waals surface area contributed by atoms with Gasteiger partial charge < -0.3 is 15.0 Å². The Hall–Kier alpha value is -1.84. The first-order chi connectivity index (χ1) is 17.2. The van der Waals surface area contributed by atoms with Crippen molar-refractivity contribution in [2.75, 3.05) is 12.8 Å². The SMILES string of the molecule is CC(C)[C@H](NC(=O)OC(C)(C)C)C(=O)N1CC[C@H]2[C@H]1C(C1CCCC1)(C1CCCC1)C(=O)N2S(C)(=O)=O. The molecule has 4 fully saturated rings. The standard InChI is InChI=1S/C27H45N3O6S/c1-17(2)21(28-25(33)36-26(3,4)5)23(31)29-16-15-20-22(29)27(18-11-7-8-12-18,19-13-9-10-14-19)24(32)30(20)37(6,34)35/h17-22H,7-16H2,1-6H3,(H,28,33)/t20-,21-,22-/m0/s1. The summed E-state index contributed by atoms with van der Waals surface area (Å²) < 4.78 is 32.6. The third kappa shape index (κ3) is 4.99. The van der Waals surface area contributed by atoms with Crippen LogP contribution in [0.1, 0.15) is 92.4 Å². The largest absolute Gasteiger partial charge is 0.444 e. The molecule has 2 saturated heterocycles. The second-order valence-electron chi connectivity index (χ2n) is 13.0. The van der Waals surface area contributed by atoms with Crippen LogP contribution in [0.3, 0.4) is 0 Å². The molecule has 9 nitrogen and oxygen atoms in total. The molecule has 0 spiro atoms. The average molecular weight is 540 g/mol. The molecule has 3 amide bonds. The number of nitrogens with zero attached hydrogens (tertiary/aromatic N) is 2. The third-order valence-electron chi connectivity index (χ3n) is 9.03. The van der Waals surface area contributed by atoms with Crippen LogP contribution < -0.4 is 5.32 Å². The van der Waals surface area contributed by atoms with Gasteiger partial charge in [0.15, 0.2) is 0 Å². The van der Waals surface area contributed by atoms with Gasteiger partial charge in [0.1, 0.15) is 11.6 Å². The van der Waals surface area contributed by atoms with Gasteiger partial charge in [-0.1, -0.05) is 39.5 Å². The predicted molar refractivity (Wildman–Crippen MR) is 140 cm³/mol. The summed E-state index contributed by atoms with van der Waals surface area (Å²) in [5.74, 6) is -0.631. The number of carbonyl (C=O) groups excluding carboxylic acids is 3. The number of alkyl carbamates (subject to hydrolysis) is 1. The first-order valence-electron chi connectivity index (χ1n) is 14.0. The second kappa shape index (κ2) is 10.0. The van der Waals surface area contributed by atoms with Crippen molar-refractivity contribution in [3.05, 3.63) is 0 Å². The molecule has 0 radical (unpaired) electrons. The number of sulfonamides is 1. The summed E-state index contributed by atoms with van der Waals surface area (Å²) in [6.45, 7) is 9.42. The van der Waals surface area contributed by atoms with Crippen molar-refractivity contribution in [2.45, 2.75) is 116 Å². The molecule has 0 aromatic carbocycles. The summed E-state index contributed by atoms with van der Waals surface area (Å²) in [6, 6.07) is -1.89. The molecule has 0 bridgehead atoms. The number of amides is 3. The molecule has 1 N–H and O–H groups in total. The van der Waals surface area contributed by atoms with Crippen LogP contribution >= 0.6 is 0 Å². The van der Waals surface area contributed by atoms with Gasteiger partial charge in [-0.25, -0.2) is 17.5 Å². The van der Waals surface area contributed by atoms with E-state index in [1.54, 1.807) is 25.7 Å². The van der Waals surface area contributed by atoms with Crippen LogP contribution in [0, 0.1) is 23.2 Å². The van der Waals surface area contributed by atoms with E-state index in [9.17, 15) is 22.8 Å². The number of nitrogens with one attached hydrogen (secondary N) is 1. The Kier molecular flexibility index (Phi) is 7.65. The monoisotopic (exact) mass is 539 g/mol. The van der Waals surface area contributed by atoms with Crippen molar-refractivity contribution >= 4 is 27.9 Å². The van der Waals surface area contributed by atoms with E-state index in [4.69, 9.17) is 4.74 Å². The Bertz CT molecular complexity index is 992. The molecule has 2 heterocycles. The van der Waals surface area contributed by atoms with E-state index in [0.29, 0.717) is 13.0 Å². The van der Waals surface area contributed by atoms with Gasteiger partial charge in [-0.05, 0) is 70.6 Å². The van der Waals surface area contributed by atoms with Crippen molar-refractivity contribution in [1.82, 2.24) is 14.5 Å². The first kappa shape index (κ1) is 28.2. The van der Waals surface area contributed by atoms with Gasteiger partial charge in [0.25, 0.3) is 0 Å². The van der Waals surface area contributed by atoms with E-state index in [-0.39, 0.29) is 29.6 Å². The molecule has 0 aromatic heterocycles. The van der Waals surface area contributed by atoms with E-state index in [0.717, 1.165) is 61.9 Å². The van der Waals surface area contributed by atoms with Gasteiger partial charge in [0, 0.05) is 6.54 Å². The molecule has 2 aliphatic heterocycles. The quantitative estimate of drug-likeness (QED) is 0.551. The van der Waals surface area contributed by atoms with Crippen molar-refractivity contribution in [3.63, 3.8) is 0 Å². The molecule has 3 atom stereocenters. The first-order valence-corrected chi connectivity index (χ1v) is 15.9. The lowest BCUT2D eigenvalue weighted by atomic mass is 9.60. The number of carbonyl (C=O) groups is 3. The topological polar surface area (TPSA) is 113 Å². The number of ether oxygens (including phenoxy) is 1. The Morgan fingerprint density at radius 3 is 1.95 bits per heavy atom. The van der Waals surface area contributed by atoms with Crippen molar-refractivity contribution in [1.29, 1.82) is 0 Å². The zero-order valence-electron chi connectivity index (χ0n) is 23.3. The Balaban J connectivity index is 1.76. The van der Waals surface area contributed by atoms with Crippen LogP contribution in [0.4, 0.5) is 4.79 Å². The van der Waals surface area contributed by atoms with E-state index in [1.165, 1.54) is 0 Å². The smallest absolute Gasteiger partial charge is 0.408 e. The highest BCUT2D eigenvalue weighted by Crippen LogP contribution is 2.61. The fourth-order valence-electron chi connectivity index (χ4n) is 7.81. The Morgan fingerprint density at radius 1 is 1.00 bits per heavy atom. The van der Waals surface area contributed by atoms with Gasteiger partial charge in [0.2, 0.25) is 21.8 Å². The number of hydrogen-bond acceptors (Lipinski definition) is 6. The Morgan fingerprint density at radius 2 is 1.51 bits per heavy atom. The van der Waals surface area contributed by atoms with Crippen LogP contribution in [0.15, 0.2) is 0 Å². The average Bonchev–Trinajstić information content (AvgIpc) is 3.54. The zero-order valence-corrected chi connectivity index (χ0v) is 24.1. The highest BCUT2D eigenvalue weighted by molar-refractivity contribution is 7.88. The van der Waals surface area contributed by atoms with E-state index >= 15 is 0 Å². The van der Waals surface area contributed by atoms with Gasteiger partial charge in [-0.3, -0.25) is 9.59 Å². The van der Waals surface area contributed by atoms with E-state index in [2.05, 4.69) is 5.32 Å². The molecule has 210 valence electrons. The molecular weight excluding hydrogens is 494 g/mol.